The number of hydrogen-bond donors (Lipinski definition) is 2. The minimum absolute atomic E-state index is 0.313. The van der Waals surface area contributed by atoms with Crippen LogP contribution in [0.1, 0.15) is 0 Å². The number of halogens is 1. The van der Waals surface area contributed by atoms with Crippen LogP contribution in [-0.2, 0) is 0 Å². The van der Waals surface area contributed by atoms with E-state index in [2.05, 4.69) is 32.4 Å². The van der Waals surface area contributed by atoms with Crippen molar-refractivity contribution < 1.29 is 4.39 Å². The summed E-state index contributed by atoms with van der Waals surface area (Å²) in [6, 6.07) is 6.10. The number of benzene rings is 1. The fourth-order valence-electron chi connectivity index (χ4n) is 1.32. The molecule has 1 aromatic carbocycles. The molecule has 0 amide bonds. The molecule has 18 heavy (non-hydrogen) atoms. The van der Waals surface area contributed by atoms with Crippen LogP contribution in [0.25, 0.3) is 0 Å². The standard InChI is InChI=1S/C12H12FN5/c1-2-6-14-12-17-11(8-15-18-12)16-10-5-3-4-9(13)7-10/h2-5,7-8H,1,6H2,(H2,14,16,17,18). The average molecular weight is 245 g/mol. The summed E-state index contributed by atoms with van der Waals surface area (Å²) in [7, 11) is 0. The van der Waals surface area contributed by atoms with Gasteiger partial charge in [0.2, 0.25) is 5.95 Å². The maximum Gasteiger partial charge on any atom is 0.244 e. The second-order valence-corrected chi connectivity index (χ2v) is 3.47. The minimum atomic E-state index is -0.313. The van der Waals surface area contributed by atoms with Crippen molar-refractivity contribution in [3.05, 3.63) is 48.9 Å². The lowest BCUT2D eigenvalue weighted by atomic mass is 10.3. The SMILES string of the molecule is C=CCNc1nncc(Nc2cccc(F)c2)n1. The monoisotopic (exact) mass is 245 g/mol. The van der Waals surface area contributed by atoms with Crippen LogP contribution in [0.5, 0.6) is 0 Å². The Morgan fingerprint density at radius 1 is 1.39 bits per heavy atom. The molecule has 0 aliphatic carbocycles. The van der Waals surface area contributed by atoms with Crippen molar-refractivity contribution in [3.8, 4) is 0 Å². The van der Waals surface area contributed by atoms with E-state index in [-0.39, 0.29) is 5.82 Å². The van der Waals surface area contributed by atoms with Gasteiger partial charge in [0.25, 0.3) is 0 Å². The molecule has 0 fully saturated rings. The summed E-state index contributed by atoms with van der Waals surface area (Å²) < 4.78 is 13.0. The van der Waals surface area contributed by atoms with Crippen LogP contribution in [0.3, 0.4) is 0 Å². The first-order valence-corrected chi connectivity index (χ1v) is 5.35. The molecule has 5 nitrogen and oxygen atoms in total. The van der Waals surface area contributed by atoms with Gasteiger partial charge in [-0.15, -0.1) is 11.7 Å². The molecule has 0 radical (unpaired) electrons. The largest absolute Gasteiger partial charge is 0.349 e. The van der Waals surface area contributed by atoms with Gasteiger partial charge in [-0.1, -0.05) is 12.1 Å². The summed E-state index contributed by atoms with van der Waals surface area (Å²) in [4.78, 5) is 4.17. The number of anilines is 3. The van der Waals surface area contributed by atoms with E-state index >= 15 is 0 Å². The zero-order valence-corrected chi connectivity index (χ0v) is 9.60. The summed E-state index contributed by atoms with van der Waals surface area (Å²) in [6.07, 6.45) is 3.15. The van der Waals surface area contributed by atoms with E-state index < -0.39 is 0 Å². The van der Waals surface area contributed by atoms with Crippen LogP contribution in [0.4, 0.5) is 21.8 Å². The molecule has 0 spiro atoms. The van der Waals surface area contributed by atoms with Crippen molar-refractivity contribution in [1.82, 2.24) is 15.2 Å². The number of rotatable bonds is 5. The van der Waals surface area contributed by atoms with Crippen LogP contribution in [0, 0.1) is 5.82 Å². The smallest absolute Gasteiger partial charge is 0.244 e. The van der Waals surface area contributed by atoms with Gasteiger partial charge in [-0.25, -0.2) is 4.39 Å². The van der Waals surface area contributed by atoms with Gasteiger partial charge >= 0.3 is 0 Å². The lowest BCUT2D eigenvalue weighted by Gasteiger charge is -2.06. The van der Waals surface area contributed by atoms with Gasteiger partial charge in [-0.2, -0.15) is 10.1 Å². The van der Waals surface area contributed by atoms with Crippen molar-refractivity contribution in [2.24, 2.45) is 0 Å². The van der Waals surface area contributed by atoms with Crippen LogP contribution in [0.15, 0.2) is 43.1 Å². The first-order valence-electron chi connectivity index (χ1n) is 5.35. The van der Waals surface area contributed by atoms with Gasteiger partial charge in [-0.05, 0) is 18.2 Å². The van der Waals surface area contributed by atoms with Crippen molar-refractivity contribution in [3.63, 3.8) is 0 Å². The van der Waals surface area contributed by atoms with Crippen molar-refractivity contribution in [2.75, 3.05) is 17.2 Å². The quantitative estimate of drug-likeness (QED) is 0.792. The Balaban J connectivity index is 2.11. The highest BCUT2D eigenvalue weighted by Crippen LogP contribution is 2.15. The lowest BCUT2D eigenvalue weighted by Crippen LogP contribution is -2.05. The third-order valence-corrected chi connectivity index (χ3v) is 2.06. The molecule has 2 rings (SSSR count). The Morgan fingerprint density at radius 3 is 3.06 bits per heavy atom. The number of hydrogen-bond acceptors (Lipinski definition) is 5. The second-order valence-electron chi connectivity index (χ2n) is 3.47. The van der Waals surface area contributed by atoms with E-state index in [0.717, 1.165) is 0 Å². The molecule has 1 heterocycles. The van der Waals surface area contributed by atoms with Crippen LogP contribution in [-0.4, -0.2) is 21.7 Å². The molecule has 6 heteroatoms. The predicted molar refractivity (Wildman–Crippen MR) is 68.2 cm³/mol. The molecule has 2 aromatic rings. The lowest BCUT2D eigenvalue weighted by molar-refractivity contribution is 0.628. The molecule has 0 aliphatic heterocycles. The van der Waals surface area contributed by atoms with Crippen LogP contribution >= 0.6 is 0 Å². The maximum atomic E-state index is 13.0. The van der Waals surface area contributed by atoms with Gasteiger partial charge in [0.1, 0.15) is 5.82 Å². The van der Waals surface area contributed by atoms with Gasteiger partial charge in [0.05, 0.1) is 6.20 Å². The van der Waals surface area contributed by atoms with Crippen molar-refractivity contribution >= 4 is 17.5 Å². The normalized spacial score (nSPS) is 9.83. The molecule has 2 N–H and O–H groups in total. The van der Waals surface area contributed by atoms with E-state index in [0.29, 0.717) is 24.0 Å². The Kier molecular flexibility index (Phi) is 3.80. The average Bonchev–Trinajstić information content (AvgIpc) is 2.37. The first-order chi connectivity index (χ1) is 8.78. The van der Waals surface area contributed by atoms with Crippen molar-refractivity contribution in [1.29, 1.82) is 0 Å². The van der Waals surface area contributed by atoms with Crippen LogP contribution < -0.4 is 10.6 Å². The molecule has 0 unspecified atom stereocenters. The Morgan fingerprint density at radius 2 is 2.28 bits per heavy atom. The fourth-order valence-corrected chi connectivity index (χ4v) is 1.32. The molecule has 1 aromatic heterocycles. The molecule has 0 saturated carbocycles. The van der Waals surface area contributed by atoms with Gasteiger partial charge in [0, 0.05) is 12.2 Å². The molecule has 92 valence electrons. The molecule has 0 atom stereocenters. The van der Waals surface area contributed by atoms with E-state index in [1.54, 1.807) is 18.2 Å². The number of nitrogens with one attached hydrogen (secondary N) is 2. The molecule has 0 saturated heterocycles. The molecular weight excluding hydrogens is 233 g/mol. The van der Waals surface area contributed by atoms with Crippen LogP contribution in [0.2, 0.25) is 0 Å². The number of aromatic nitrogens is 3. The topological polar surface area (TPSA) is 62.7 Å². The summed E-state index contributed by atoms with van der Waals surface area (Å²) in [5.41, 5.74) is 0.602. The summed E-state index contributed by atoms with van der Waals surface area (Å²) in [5.74, 6) is 0.561. The Hall–Kier alpha value is -2.50. The maximum absolute atomic E-state index is 13.0. The zero-order valence-electron chi connectivity index (χ0n) is 9.60. The second kappa shape index (κ2) is 5.72. The highest BCUT2D eigenvalue weighted by Gasteiger charge is 2.00. The summed E-state index contributed by atoms with van der Waals surface area (Å²) in [5, 5.41) is 13.4. The first kappa shape index (κ1) is 12.0. The van der Waals surface area contributed by atoms with Gasteiger partial charge in [-0.3, -0.25) is 0 Å². The van der Waals surface area contributed by atoms with E-state index in [1.807, 2.05) is 0 Å². The fraction of sp³-hybridized carbons (Fsp3) is 0.0833. The minimum Gasteiger partial charge on any atom is -0.349 e. The highest BCUT2D eigenvalue weighted by atomic mass is 19.1. The Bertz CT molecular complexity index is 543. The van der Waals surface area contributed by atoms with Crippen molar-refractivity contribution in [2.45, 2.75) is 0 Å². The summed E-state index contributed by atoms with van der Waals surface area (Å²) in [6.45, 7) is 4.13. The molecule has 0 bridgehead atoms. The van der Waals surface area contributed by atoms with E-state index in [4.69, 9.17) is 0 Å². The van der Waals surface area contributed by atoms with Gasteiger partial charge in [0.15, 0.2) is 5.82 Å². The Labute approximate surface area is 104 Å². The third-order valence-electron chi connectivity index (χ3n) is 2.06. The van der Waals surface area contributed by atoms with E-state index in [1.165, 1.54) is 18.3 Å². The zero-order chi connectivity index (χ0) is 12.8. The van der Waals surface area contributed by atoms with E-state index in [9.17, 15) is 4.39 Å². The summed E-state index contributed by atoms with van der Waals surface area (Å²) >= 11 is 0. The third kappa shape index (κ3) is 3.24. The highest BCUT2D eigenvalue weighted by molar-refractivity contribution is 5.55. The number of nitrogens with zero attached hydrogens (tertiary/aromatic N) is 3. The predicted octanol–water partition coefficient (Wildman–Crippen LogP) is 2.35. The molecule has 0 aliphatic rings. The molecular formula is C12H12FN5. The van der Waals surface area contributed by atoms with Gasteiger partial charge < -0.3 is 10.6 Å².